The molecule has 1 aromatic rings. The third-order valence-electron chi connectivity index (χ3n) is 3.94. The smallest absolute Gasteiger partial charge is 0.338 e. The number of nitrogens with one attached hydrogen (secondary N) is 1. The van der Waals surface area contributed by atoms with E-state index in [2.05, 4.69) is 5.32 Å². The van der Waals surface area contributed by atoms with Gasteiger partial charge in [-0.05, 0) is 24.5 Å². The maximum absolute atomic E-state index is 12.6. The second kappa shape index (κ2) is 6.46. The Labute approximate surface area is 139 Å². The molecule has 0 bridgehead atoms. The van der Waals surface area contributed by atoms with Gasteiger partial charge in [0.05, 0.1) is 5.92 Å². The Morgan fingerprint density at radius 3 is 2.78 bits per heavy atom. The van der Waals surface area contributed by atoms with Crippen LogP contribution in [0, 0.1) is 5.92 Å². The summed E-state index contributed by atoms with van der Waals surface area (Å²) in [5, 5.41) is 2.93. The molecule has 2 atom stereocenters. The zero-order valence-corrected chi connectivity index (χ0v) is 13.5. The molecule has 5 heteroatoms. The Morgan fingerprint density at radius 2 is 2.04 bits per heavy atom. The van der Waals surface area contributed by atoms with Crippen LogP contribution in [0.4, 0.5) is 0 Å². The van der Waals surface area contributed by atoms with E-state index in [4.69, 9.17) is 4.74 Å². The van der Waals surface area contributed by atoms with Gasteiger partial charge in [-0.1, -0.05) is 42.5 Å². The molecule has 0 unspecified atom stereocenters. The van der Waals surface area contributed by atoms with Crippen LogP contribution in [0.25, 0.3) is 0 Å². The van der Waals surface area contributed by atoms with Crippen LogP contribution in [-0.2, 0) is 9.53 Å². The van der Waals surface area contributed by atoms with Gasteiger partial charge < -0.3 is 10.1 Å². The standard InChI is InChI=1S/C18H17NO3S/c1-23-12-18(19-16(20)13-8-4-2-5-9-13)14-10-6-3-7-11-15(14)22-17(18)21/h2-11,14H,12H2,1H3,(H,19,20)/t14-,18+/m1/s1. The molecule has 1 aliphatic carbocycles. The van der Waals surface area contributed by atoms with Crippen LogP contribution in [-0.4, -0.2) is 29.4 Å². The molecule has 3 rings (SSSR count). The number of esters is 1. The number of hydrogen-bond donors (Lipinski definition) is 1. The van der Waals surface area contributed by atoms with Gasteiger partial charge in [0, 0.05) is 11.3 Å². The van der Waals surface area contributed by atoms with E-state index in [1.54, 1.807) is 30.3 Å². The van der Waals surface area contributed by atoms with Crippen molar-refractivity contribution in [2.45, 2.75) is 5.54 Å². The first-order chi connectivity index (χ1) is 11.2. The molecule has 118 valence electrons. The Morgan fingerprint density at radius 1 is 1.26 bits per heavy atom. The van der Waals surface area contributed by atoms with Crippen LogP contribution in [0.15, 0.2) is 66.5 Å². The van der Waals surface area contributed by atoms with Gasteiger partial charge >= 0.3 is 5.97 Å². The second-order valence-electron chi connectivity index (χ2n) is 5.43. The number of allylic oxidation sites excluding steroid dienone is 4. The molecule has 2 aliphatic rings. The second-order valence-corrected chi connectivity index (χ2v) is 6.30. The number of hydrogen-bond acceptors (Lipinski definition) is 4. The summed E-state index contributed by atoms with van der Waals surface area (Å²) in [6.45, 7) is 0. The monoisotopic (exact) mass is 327 g/mol. The molecule has 1 aliphatic heterocycles. The fourth-order valence-corrected chi connectivity index (χ4v) is 3.65. The highest BCUT2D eigenvalue weighted by Gasteiger charge is 2.55. The molecule has 23 heavy (non-hydrogen) atoms. The van der Waals surface area contributed by atoms with Crippen molar-refractivity contribution in [3.05, 3.63) is 72.0 Å². The molecule has 0 aromatic heterocycles. The average molecular weight is 327 g/mol. The van der Waals surface area contributed by atoms with E-state index in [0.29, 0.717) is 17.1 Å². The van der Waals surface area contributed by atoms with Crippen molar-refractivity contribution in [1.29, 1.82) is 0 Å². The third kappa shape index (κ3) is 2.84. The number of fused-ring (bicyclic) bond motifs is 1. The van der Waals surface area contributed by atoms with Crippen LogP contribution in [0.1, 0.15) is 10.4 Å². The van der Waals surface area contributed by atoms with Gasteiger partial charge in [0.2, 0.25) is 0 Å². The molecule has 1 fully saturated rings. The highest BCUT2D eigenvalue weighted by molar-refractivity contribution is 7.98. The van der Waals surface area contributed by atoms with E-state index < -0.39 is 11.5 Å². The minimum atomic E-state index is -1.08. The van der Waals surface area contributed by atoms with Crippen LogP contribution in [0.2, 0.25) is 0 Å². The van der Waals surface area contributed by atoms with Gasteiger partial charge in [-0.3, -0.25) is 4.79 Å². The lowest BCUT2D eigenvalue weighted by molar-refractivity contribution is -0.140. The van der Waals surface area contributed by atoms with Gasteiger partial charge in [-0.2, -0.15) is 11.8 Å². The molecule has 1 heterocycles. The van der Waals surface area contributed by atoms with E-state index in [0.717, 1.165) is 0 Å². The van der Waals surface area contributed by atoms with Gasteiger partial charge in [0.15, 0.2) is 5.54 Å². The van der Waals surface area contributed by atoms with E-state index in [1.165, 1.54) is 11.8 Å². The van der Waals surface area contributed by atoms with Gasteiger partial charge in [-0.15, -0.1) is 0 Å². The van der Waals surface area contributed by atoms with Crippen LogP contribution in [0.5, 0.6) is 0 Å². The number of ether oxygens (including phenoxy) is 1. The fraction of sp³-hybridized carbons (Fsp3) is 0.222. The van der Waals surface area contributed by atoms with E-state index in [-0.39, 0.29) is 11.8 Å². The summed E-state index contributed by atoms with van der Waals surface area (Å²) in [6.07, 6.45) is 11.2. The van der Waals surface area contributed by atoms with E-state index >= 15 is 0 Å². The maximum atomic E-state index is 12.6. The molecule has 0 radical (unpaired) electrons. The number of thioether (sulfide) groups is 1. The van der Waals surface area contributed by atoms with E-state index in [9.17, 15) is 9.59 Å². The lowest BCUT2D eigenvalue weighted by Gasteiger charge is -2.29. The van der Waals surface area contributed by atoms with Crippen LogP contribution >= 0.6 is 11.8 Å². The summed E-state index contributed by atoms with van der Waals surface area (Å²) in [7, 11) is 0. The zero-order valence-electron chi connectivity index (χ0n) is 12.7. The third-order valence-corrected chi connectivity index (χ3v) is 4.69. The van der Waals surface area contributed by atoms with Gasteiger partial charge in [0.1, 0.15) is 5.76 Å². The summed E-state index contributed by atoms with van der Waals surface area (Å²) >= 11 is 1.50. The Kier molecular flexibility index (Phi) is 4.39. The number of rotatable bonds is 4. The minimum Gasteiger partial charge on any atom is -0.429 e. The number of carbonyl (C=O) groups excluding carboxylic acids is 2. The number of amides is 1. The van der Waals surface area contributed by atoms with Gasteiger partial charge in [0.25, 0.3) is 5.91 Å². The molecular weight excluding hydrogens is 310 g/mol. The van der Waals surface area contributed by atoms with Crippen LogP contribution in [0.3, 0.4) is 0 Å². The highest BCUT2D eigenvalue weighted by Crippen LogP contribution is 2.39. The quantitative estimate of drug-likeness (QED) is 0.864. The predicted octanol–water partition coefficient (Wildman–Crippen LogP) is 2.70. The Hall–Kier alpha value is -2.27. The minimum absolute atomic E-state index is 0.275. The van der Waals surface area contributed by atoms with Crippen LogP contribution < -0.4 is 5.32 Å². The summed E-state index contributed by atoms with van der Waals surface area (Å²) in [6, 6.07) is 8.89. The van der Waals surface area contributed by atoms with Crippen molar-refractivity contribution < 1.29 is 14.3 Å². The summed E-state index contributed by atoms with van der Waals surface area (Å²) in [4.78, 5) is 25.2. The largest absolute Gasteiger partial charge is 0.429 e. The molecule has 1 amide bonds. The van der Waals surface area contributed by atoms with Crippen molar-refractivity contribution in [1.82, 2.24) is 5.32 Å². The normalized spacial score (nSPS) is 25.3. The maximum Gasteiger partial charge on any atom is 0.338 e. The first-order valence-electron chi connectivity index (χ1n) is 7.31. The molecule has 0 saturated carbocycles. The molecule has 1 aromatic carbocycles. The van der Waals surface area contributed by atoms with Crippen molar-refractivity contribution in [3.63, 3.8) is 0 Å². The Balaban J connectivity index is 1.96. The van der Waals surface area contributed by atoms with Crippen molar-refractivity contribution in [2.75, 3.05) is 12.0 Å². The molecule has 4 nitrogen and oxygen atoms in total. The Bertz CT molecular complexity index is 708. The number of benzene rings is 1. The summed E-state index contributed by atoms with van der Waals surface area (Å²) in [5.41, 5.74) is -0.560. The molecule has 1 saturated heterocycles. The van der Waals surface area contributed by atoms with Crippen molar-refractivity contribution in [2.24, 2.45) is 5.92 Å². The lowest BCUT2D eigenvalue weighted by Crippen LogP contribution is -2.57. The molecule has 0 spiro atoms. The fourth-order valence-electron chi connectivity index (χ4n) is 2.82. The first kappa shape index (κ1) is 15.6. The van der Waals surface area contributed by atoms with Crippen molar-refractivity contribution in [3.8, 4) is 0 Å². The topological polar surface area (TPSA) is 55.4 Å². The highest BCUT2D eigenvalue weighted by atomic mass is 32.2. The zero-order chi connectivity index (χ0) is 16.3. The SMILES string of the molecule is CSC[C@@]1(NC(=O)c2ccccc2)C(=O)OC2=CC=CC=C[C@H]21. The predicted molar refractivity (Wildman–Crippen MR) is 91.0 cm³/mol. The first-order valence-corrected chi connectivity index (χ1v) is 8.70. The summed E-state index contributed by atoms with van der Waals surface area (Å²) < 4.78 is 5.44. The molecular formula is C18H17NO3S. The van der Waals surface area contributed by atoms with Crippen molar-refractivity contribution >= 4 is 23.6 Å². The summed E-state index contributed by atoms with van der Waals surface area (Å²) in [5.74, 6) is 0.0276. The van der Waals surface area contributed by atoms with E-state index in [1.807, 2.05) is 36.6 Å². The lowest BCUT2D eigenvalue weighted by atomic mass is 9.85. The molecule has 1 N–H and O–H groups in total. The number of carbonyl (C=O) groups is 2. The van der Waals surface area contributed by atoms with Gasteiger partial charge in [-0.25, -0.2) is 4.79 Å². The average Bonchev–Trinajstić information content (AvgIpc) is 2.72.